The molecule has 0 radical (unpaired) electrons. The van der Waals surface area contributed by atoms with Crippen molar-refractivity contribution in [1.82, 2.24) is 20.9 Å². The summed E-state index contributed by atoms with van der Waals surface area (Å²) in [4.78, 5) is 50.8. The Kier molecular flexibility index (Phi) is 4.29. The van der Waals surface area contributed by atoms with E-state index in [4.69, 9.17) is 0 Å². The molecule has 8 heteroatoms. The Balaban J connectivity index is 1.40. The Morgan fingerprint density at radius 1 is 1.14 bits per heavy atom. The molecule has 1 aromatic carbocycles. The molecule has 0 aromatic heterocycles. The third-order valence-corrected chi connectivity index (χ3v) is 6.97. The van der Waals surface area contributed by atoms with Crippen LogP contribution in [-0.2, 0) is 16.1 Å². The Labute approximate surface area is 168 Å². The summed E-state index contributed by atoms with van der Waals surface area (Å²) >= 11 is 0. The number of hydrogen-bond acceptors (Lipinski definition) is 6. The summed E-state index contributed by atoms with van der Waals surface area (Å²) in [6, 6.07) is 4.36. The van der Waals surface area contributed by atoms with Crippen molar-refractivity contribution in [1.29, 1.82) is 0 Å². The first-order chi connectivity index (χ1) is 14.0. The minimum Gasteiger partial charge on any atom is -0.315 e. The molecule has 1 aromatic rings. The van der Waals surface area contributed by atoms with E-state index < -0.39 is 23.8 Å². The molecule has 8 nitrogen and oxygen atoms in total. The van der Waals surface area contributed by atoms with Crippen LogP contribution in [0.1, 0.15) is 58.4 Å². The van der Waals surface area contributed by atoms with Gasteiger partial charge in [-0.15, -0.1) is 0 Å². The normalized spacial score (nSPS) is 31.2. The van der Waals surface area contributed by atoms with Gasteiger partial charge in [-0.2, -0.15) is 0 Å². The topological polar surface area (TPSA) is 108 Å². The Hall–Kier alpha value is -2.58. The van der Waals surface area contributed by atoms with Crippen LogP contribution in [0.15, 0.2) is 18.2 Å². The quantitative estimate of drug-likeness (QED) is 0.633. The summed E-state index contributed by atoms with van der Waals surface area (Å²) in [7, 11) is 0. The van der Waals surface area contributed by atoms with E-state index in [0.29, 0.717) is 23.6 Å². The van der Waals surface area contributed by atoms with Crippen LogP contribution in [0.5, 0.6) is 0 Å². The molecule has 1 unspecified atom stereocenters. The molecule has 4 amide bonds. The van der Waals surface area contributed by atoms with Crippen molar-refractivity contribution < 1.29 is 19.2 Å². The monoisotopic (exact) mass is 396 g/mol. The van der Waals surface area contributed by atoms with Crippen LogP contribution >= 0.6 is 0 Å². The van der Waals surface area contributed by atoms with E-state index in [-0.39, 0.29) is 24.3 Å². The van der Waals surface area contributed by atoms with Gasteiger partial charge in [0.25, 0.3) is 11.8 Å². The number of nitrogens with one attached hydrogen (secondary N) is 3. The van der Waals surface area contributed by atoms with E-state index >= 15 is 0 Å². The van der Waals surface area contributed by atoms with Gasteiger partial charge in [0.2, 0.25) is 11.8 Å². The predicted octanol–water partition coefficient (Wildman–Crippen LogP) is 0.320. The fourth-order valence-electron chi connectivity index (χ4n) is 5.44. The maximum Gasteiger partial charge on any atom is 0.262 e. The van der Waals surface area contributed by atoms with E-state index in [1.54, 1.807) is 12.1 Å². The van der Waals surface area contributed by atoms with Crippen LogP contribution in [-0.4, -0.2) is 53.2 Å². The fourth-order valence-corrected chi connectivity index (χ4v) is 5.44. The number of carbonyl (C=O) groups excluding carboxylic acids is 4. The Bertz CT molecular complexity index is 917. The molecule has 0 spiro atoms. The second-order valence-electron chi connectivity index (χ2n) is 8.52. The molecule has 1 aliphatic carbocycles. The second-order valence-corrected chi connectivity index (χ2v) is 8.52. The third-order valence-electron chi connectivity index (χ3n) is 6.97. The van der Waals surface area contributed by atoms with Gasteiger partial charge in [-0.1, -0.05) is 18.6 Å². The third kappa shape index (κ3) is 2.81. The van der Waals surface area contributed by atoms with Gasteiger partial charge < -0.3 is 10.6 Å². The zero-order chi connectivity index (χ0) is 20.2. The van der Waals surface area contributed by atoms with Gasteiger partial charge in [-0.05, 0) is 43.4 Å². The molecule has 152 valence electrons. The predicted molar refractivity (Wildman–Crippen MR) is 103 cm³/mol. The van der Waals surface area contributed by atoms with Crippen molar-refractivity contribution in [2.75, 3.05) is 13.1 Å². The van der Waals surface area contributed by atoms with Gasteiger partial charge in [0, 0.05) is 25.0 Å². The van der Waals surface area contributed by atoms with Gasteiger partial charge in [0.05, 0.1) is 11.1 Å². The summed E-state index contributed by atoms with van der Waals surface area (Å²) in [5.74, 6) is -1.26. The first kappa shape index (κ1) is 18.4. The standard InChI is InChI=1S/C21H24N4O4/c26-16-7-6-15(18(27)24-16)25-19(28)14-5-1-3-12(17(14)20(25)29)9-23-21-8-2-4-13(21)10-22-11-21/h1,3,5,13,15,22-23H,2,4,6-11H2,(H,24,26,27)/t13-,15?,21-/m0/s1. The molecule has 2 saturated heterocycles. The highest BCUT2D eigenvalue weighted by atomic mass is 16.2. The number of piperidine rings is 1. The van der Waals surface area contributed by atoms with Gasteiger partial charge in [0.1, 0.15) is 6.04 Å². The summed E-state index contributed by atoms with van der Waals surface area (Å²) in [6.45, 7) is 2.44. The molecule has 29 heavy (non-hydrogen) atoms. The van der Waals surface area contributed by atoms with Crippen LogP contribution in [0.4, 0.5) is 0 Å². The van der Waals surface area contributed by atoms with Crippen molar-refractivity contribution in [3.63, 3.8) is 0 Å². The lowest BCUT2D eigenvalue weighted by atomic mass is 9.90. The van der Waals surface area contributed by atoms with Gasteiger partial charge in [-0.25, -0.2) is 0 Å². The molecule has 5 rings (SSSR count). The fraction of sp³-hybridized carbons (Fsp3) is 0.524. The number of nitrogens with zero attached hydrogens (tertiary/aromatic N) is 1. The van der Waals surface area contributed by atoms with Crippen molar-refractivity contribution in [2.24, 2.45) is 5.92 Å². The zero-order valence-corrected chi connectivity index (χ0v) is 16.1. The van der Waals surface area contributed by atoms with Crippen LogP contribution in [0, 0.1) is 5.92 Å². The maximum atomic E-state index is 13.2. The van der Waals surface area contributed by atoms with E-state index in [0.717, 1.165) is 30.0 Å². The highest BCUT2D eigenvalue weighted by Crippen LogP contribution is 2.39. The number of benzene rings is 1. The molecular formula is C21H24N4O4. The number of carbonyl (C=O) groups is 4. The van der Waals surface area contributed by atoms with E-state index in [1.807, 2.05) is 6.07 Å². The largest absolute Gasteiger partial charge is 0.315 e. The number of imide groups is 2. The lowest BCUT2D eigenvalue weighted by molar-refractivity contribution is -0.136. The zero-order valence-electron chi connectivity index (χ0n) is 16.1. The van der Waals surface area contributed by atoms with Crippen LogP contribution in [0.2, 0.25) is 0 Å². The van der Waals surface area contributed by atoms with Gasteiger partial charge >= 0.3 is 0 Å². The minimum absolute atomic E-state index is 0.0533. The van der Waals surface area contributed by atoms with Crippen molar-refractivity contribution >= 4 is 23.6 Å². The Morgan fingerprint density at radius 3 is 2.83 bits per heavy atom. The first-order valence-corrected chi connectivity index (χ1v) is 10.3. The SMILES string of the molecule is O=C1CCC(N2C(=O)c3cccc(CN[C@]45CCC[C@H]4CNC5)c3C2=O)C(=O)N1. The maximum absolute atomic E-state index is 13.2. The molecule has 3 heterocycles. The molecule has 3 aliphatic heterocycles. The molecule has 0 bridgehead atoms. The van der Waals surface area contributed by atoms with Crippen molar-refractivity contribution in [2.45, 2.75) is 50.2 Å². The number of fused-ring (bicyclic) bond motifs is 2. The number of amides is 4. The lowest BCUT2D eigenvalue weighted by Crippen LogP contribution is -2.54. The molecule has 3 fully saturated rings. The molecule has 3 N–H and O–H groups in total. The average molecular weight is 396 g/mol. The van der Waals surface area contributed by atoms with Crippen LogP contribution < -0.4 is 16.0 Å². The Morgan fingerprint density at radius 2 is 2.00 bits per heavy atom. The highest BCUT2D eigenvalue weighted by molar-refractivity contribution is 6.24. The van der Waals surface area contributed by atoms with Crippen LogP contribution in [0.3, 0.4) is 0 Å². The minimum atomic E-state index is -0.933. The van der Waals surface area contributed by atoms with E-state index in [1.165, 1.54) is 12.8 Å². The number of hydrogen-bond donors (Lipinski definition) is 3. The summed E-state index contributed by atoms with van der Waals surface area (Å²) < 4.78 is 0. The molecule has 3 atom stereocenters. The number of rotatable bonds is 4. The smallest absolute Gasteiger partial charge is 0.262 e. The second kappa shape index (κ2) is 6.74. The highest BCUT2D eigenvalue weighted by Gasteiger charge is 2.47. The lowest BCUT2D eigenvalue weighted by Gasteiger charge is -2.30. The van der Waals surface area contributed by atoms with E-state index in [2.05, 4.69) is 16.0 Å². The van der Waals surface area contributed by atoms with E-state index in [9.17, 15) is 19.2 Å². The average Bonchev–Trinajstić information content (AvgIpc) is 3.34. The summed E-state index contributed by atoms with van der Waals surface area (Å²) in [6.07, 6.45) is 3.80. The van der Waals surface area contributed by atoms with Gasteiger partial charge in [-0.3, -0.25) is 29.4 Å². The van der Waals surface area contributed by atoms with Crippen molar-refractivity contribution in [3.8, 4) is 0 Å². The van der Waals surface area contributed by atoms with Crippen molar-refractivity contribution in [3.05, 3.63) is 34.9 Å². The van der Waals surface area contributed by atoms with Crippen LogP contribution in [0.25, 0.3) is 0 Å². The summed E-state index contributed by atoms with van der Waals surface area (Å²) in [5, 5.41) is 9.38. The molecule has 4 aliphatic rings. The molecular weight excluding hydrogens is 372 g/mol. The van der Waals surface area contributed by atoms with Gasteiger partial charge in [0.15, 0.2) is 0 Å². The summed E-state index contributed by atoms with van der Waals surface area (Å²) in [5.41, 5.74) is 1.55. The first-order valence-electron chi connectivity index (χ1n) is 10.3. The molecule has 1 saturated carbocycles.